The Labute approximate surface area is 149 Å². The maximum Gasteiger partial charge on any atom is 0.0996 e. The molecular weight excluding hydrogens is 320 g/mol. The van der Waals surface area contributed by atoms with Crippen LogP contribution in [0.3, 0.4) is 0 Å². The van der Waals surface area contributed by atoms with E-state index in [1.165, 1.54) is 16.7 Å². The van der Waals surface area contributed by atoms with Gasteiger partial charge >= 0.3 is 0 Å². The van der Waals surface area contributed by atoms with Crippen LogP contribution < -0.4 is 0 Å². The van der Waals surface area contributed by atoms with Gasteiger partial charge in [-0.1, -0.05) is 103 Å². The minimum absolute atomic E-state index is 1.38. The zero-order valence-corrected chi connectivity index (χ0v) is 17.8. The third-order valence-corrected chi connectivity index (χ3v) is 14.8. The molecule has 2 aromatic carbocycles. The Kier molecular flexibility index (Phi) is 4.31. The van der Waals surface area contributed by atoms with E-state index < -0.39 is 16.1 Å². The molecule has 0 aromatic heterocycles. The fourth-order valence-corrected chi connectivity index (χ4v) is 15.5. The van der Waals surface area contributed by atoms with E-state index in [1.54, 1.807) is 10.8 Å². The van der Waals surface area contributed by atoms with Crippen molar-refractivity contribution < 1.29 is 0 Å². The molecule has 0 saturated carbocycles. The molecule has 0 bridgehead atoms. The molecule has 2 aromatic rings. The molecule has 0 radical (unpaired) electrons. The number of hydrogen-bond acceptors (Lipinski definition) is 0. The third-order valence-electron chi connectivity index (χ3n) is 5.31. The van der Waals surface area contributed by atoms with Gasteiger partial charge in [0.25, 0.3) is 0 Å². The molecule has 24 heavy (non-hydrogen) atoms. The largest absolute Gasteiger partial charge is 0.0996 e. The van der Waals surface area contributed by atoms with E-state index >= 15 is 0 Å². The van der Waals surface area contributed by atoms with Gasteiger partial charge in [-0.2, -0.15) is 0 Å². The first-order chi connectivity index (χ1) is 11.2. The van der Waals surface area contributed by atoms with Gasteiger partial charge in [-0.05, 0) is 29.2 Å². The van der Waals surface area contributed by atoms with Crippen LogP contribution in [0, 0.1) is 0 Å². The molecule has 0 atom stereocenters. The summed E-state index contributed by atoms with van der Waals surface area (Å²) in [6, 6.07) is 22.1. The molecule has 0 aliphatic carbocycles. The molecule has 1 heterocycles. The predicted octanol–water partition coefficient (Wildman–Crippen LogP) is 6.59. The van der Waals surface area contributed by atoms with Crippen molar-refractivity contribution >= 4 is 27.3 Å². The van der Waals surface area contributed by atoms with Gasteiger partial charge in [-0.15, -0.1) is 0 Å². The number of rotatable bonds is 3. The molecule has 0 amide bonds. The molecule has 3 rings (SSSR count). The number of hydrogen-bond donors (Lipinski definition) is 0. The second kappa shape index (κ2) is 6.01. The van der Waals surface area contributed by atoms with Crippen LogP contribution in [0.5, 0.6) is 0 Å². The van der Waals surface area contributed by atoms with E-state index in [1.807, 2.05) is 4.82 Å². The second-order valence-corrected chi connectivity index (χ2v) is 18.4. The van der Waals surface area contributed by atoms with Gasteiger partial charge in [0, 0.05) is 0 Å². The standard InChI is InChI=1S/C22H28Si2/c1-17-20(18-13-9-7-10-14-18)21(19-15-11-8-12-16-19)22(23(2,3)4)24(17,5)6/h7-16H,1-6H3. The lowest BCUT2D eigenvalue weighted by atomic mass is 9.93. The van der Waals surface area contributed by atoms with Crippen molar-refractivity contribution in [3.05, 3.63) is 81.8 Å². The van der Waals surface area contributed by atoms with E-state index in [0.717, 1.165) is 0 Å². The monoisotopic (exact) mass is 348 g/mol. The Morgan fingerprint density at radius 1 is 0.667 bits per heavy atom. The molecule has 0 spiro atoms. The van der Waals surface area contributed by atoms with Gasteiger partial charge in [0.15, 0.2) is 0 Å². The quantitative estimate of drug-likeness (QED) is 0.549. The molecule has 2 heteroatoms. The Morgan fingerprint density at radius 2 is 1.08 bits per heavy atom. The van der Waals surface area contributed by atoms with Crippen LogP contribution in [0.15, 0.2) is 70.7 Å². The molecule has 0 unspecified atom stereocenters. The normalized spacial score (nSPS) is 17.6. The highest BCUT2D eigenvalue weighted by molar-refractivity contribution is 7.11. The molecule has 0 saturated heterocycles. The zero-order chi connectivity index (χ0) is 17.5. The molecule has 0 N–H and O–H groups in total. The topological polar surface area (TPSA) is 0 Å². The first-order valence-corrected chi connectivity index (χ1v) is 15.3. The van der Waals surface area contributed by atoms with Crippen LogP contribution >= 0.6 is 0 Å². The predicted molar refractivity (Wildman–Crippen MR) is 113 cm³/mol. The van der Waals surface area contributed by atoms with Gasteiger partial charge in [0.2, 0.25) is 0 Å². The van der Waals surface area contributed by atoms with Crippen molar-refractivity contribution in [2.24, 2.45) is 0 Å². The van der Waals surface area contributed by atoms with Gasteiger partial charge in [0.05, 0.1) is 16.1 Å². The summed E-state index contributed by atoms with van der Waals surface area (Å²) in [7, 11) is -3.00. The van der Waals surface area contributed by atoms with Crippen molar-refractivity contribution in [3.8, 4) is 0 Å². The van der Waals surface area contributed by atoms with Crippen LogP contribution in [0.4, 0.5) is 0 Å². The minimum atomic E-state index is -1.58. The summed E-state index contributed by atoms with van der Waals surface area (Å²) < 4.78 is 0. The van der Waals surface area contributed by atoms with E-state index in [0.29, 0.717) is 0 Å². The average molecular weight is 349 g/mol. The lowest BCUT2D eigenvalue weighted by molar-refractivity contribution is 1.54. The van der Waals surface area contributed by atoms with Gasteiger partial charge < -0.3 is 0 Å². The fourth-order valence-electron chi connectivity index (χ4n) is 4.30. The lowest BCUT2D eigenvalue weighted by Gasteiger charge is -2.32. The SMILES string of the molecule is CC1=C(c2ccccc2)C(c2ccccc2)=C([Si](C)(C)C)[Si]1(C)C. The average Bonchev–Trinajstić information content (AvgIpc) is 2.76. The van der Waals surface area contributed by atoms with E-state index in [2.05, 4.69) is 100 Å². The van der Waals surface area contributed by atoms with Crippen molar-refractivity contribution in [3.63, 3.8) is 0 Å². The van der Waals surface area contributed by atoms with Crippen LogP contribution in [0.25, 0.3) is 11.1 Å². The molecular formula is C22H28Si2. The van der Waals surface area contributed by atoms with Crippen LogP contribution in [0.2, 0.25) is 32.7 Å². The van der Waals surface area contributed by atoms with Crippen LogP contribution in [0.1, 0.15) is 18.1 Å². The van der Waals surface area contributed by atoms with Gasteiger partial charge in [-0.3, -0.25) is 0 Å². The third kappa shape index (κ3) is 2.78. The Morgan fingerprint density at radius 3 is 1.50 bits per heavy atom. The van der Waals surface area contributed by atoms with Gasteiger partial charge in [0.1, 0.15) is 0 Å². The zero-order valence-electron chi connectivity index (χ0n) is 15.8. The van der Waals surface area contributed by atoms with Crippen LogP contribution in [-0.2, 0) is 0 Å². The molecule has 0 nitrogen and oxygen atoms in total. The lowest BCUT2D eigenvalue weighted by Crippen LogP contribution is -2.42. The maximum absolute atomic E-state index is 2.55. The number of allylic oxidation sites excluding steroid dienone is 3. The van der Waals surface area contributed by atoms with E-state index in [9.17, 15) is 0 Å². The van der Waals surface area contributed by atoms with Crippen molar-refractivity contribution in [2.75, 3.05) is 0 Å². The highest BCUT2D eigenvalue weighted by Gasteiger charge is 2.45. The summed E-state index contributed by atoms with van der Waals surface area (Å²) in [5.41, 5.74) is 5.83. The first kappa shape index (κ1) is 17.2. The summed E-state index contributed by atoms with van der Waals surface area (Å²) in [5, 5.41) is 1.64. The highest BCUT2D eigenvalue weighted by atomic mass is 28.4. The van der Waals surface area contributed by atoms with Crippen molar-refractivity contribution in [2.45, 2.75) is 39.7 Å². The Balaban J connectivity index is 2.38. The molecule has 124 valence electrons. The van der Waals surface area contributed by atoms with Gasteiger partial charge in [-0.25, -0.2) is 0 Å². The van der Waals surface area contributed by atoms with E-state index in [-0.39, 0.29) is 0 Å². The summed E-state index contributed by atoms with van der Waals surface area (Å²) in [6.07, 6.45) is 0. The summed E-state index contributed by atoms with van der Waals surface area (Å²) in [6.45, 7) is 15.0. The Bertz CT molecular complexity index is 804. The van der Waals surface area contributed by atoms with Crippen molar-refractivity contribution in [1.82, 2.24) is 0 Å². The second-order valence-electron chi connectivity index (χ2n) is 8.36. The highest BCUT2D eigenvalue weighted by Crippen LogP contribution is 2.50. The van der Waals surface area contributed by atoms with Crippen LogP contribution in [-0.4, -0.2) is 16.1 Å². The minimum Gasteiger partial charge on any atom is -0.0786 e. The molecule has 0 fully saturated rings. The van der Waals surface area contributed by atoms with E-state index in [4.69, 9.17) is 0 Å². The fraction of sp³-hybridized carbons (Fsp3) is 0.273. The molecule has 1 aliphatic rings. The smallest absolute Gasteiger partial charge is 0.0786 e. The maximum atomic E-state index is 2.55. The first-order valence-electron chi connectivity index (χ1n) is 8.82. The summed E-state index contributed by atoms with van der Waals surface area (Å²) >= 11 is 0. The summed E-state index contributed by atoms with van der Waals surface area (Å²) in [4.78, 5) is 1.82. The molecule has 1 aliphatic heterocycles. The van der Waals surface area contributed by atoms with Crippen molar-refractivity contribution in [1.29, 1.82) is 0 Å². The summed E-state index contributed by atoms with van der Waals surface area (Å²) in [5.74, 6) is 0. The number of benzene rings is 2. The Hall–Kier alpha value is -1.65.